The summed E-state index contributed by atoms with van der Waals surface area (Å²) in [5, 5.41) is 3.53. The molecule has 0 saturated carbocycles. The second-order valence-corrected chi connectivity index (χ2v) is 22.7. The smallest absolute Gasteiger partial charge is 0.420 e. The SMILES string of the molecule is CC(C)(C)OC(=O)N1C(=O)OC[C@@H]1[C@@H](O[Si](C)(C)C(C)(C)C)[C@H](CN=[N+]=[N-])O[Si](C)(C)C(C)(C)C. The third-order valence-electron chi connectivity index (χ3n) is 7.06. The number of ether oxygens (including phenoxy) is 2. The fraction of sp³-hybridized carbons (Fsp3) is 0.913. The molecule has 0 bridgehead atoms. The Labute approximate surface area is 212 Å². The molecule has 0 unspecified atom stereocenters. The van der Waals surface area contributed by atoms with Gasteiger partial charge in [-0.15, -0.1) is 0 Å². The number of carbonyl (C=O) groups excluding carboxylic acids is 2. The van der Waals surface area contributed by atoms with Gasteiger partial charge < -0.3 is 18.3 Å². The Bertz CT molecular complexity index is 823. The second kappa shape index (κ2) is 10.8. The minimum absolute atomic E-state index is 0.00481. The van der Waals surface area contributed by atoms with E-state index in [1.807, 2.05) is 0 Å². The fourth-order valence-corrected chi connectivity index (χ4v) is 5.66. The first-order valence-electron chi connectivity index (χ1n) is 12.1. The molecule has 0 aromatic heterocycles. The third kappa shape index (κ3) is 8.21. The van der Waals surface area contributed by atoms with Crippen molar-refractivity contribution in [2.75, 3.05) is 13.2 Å². The molecule has 2 amide bonds. The number of nitrogens with zero attached hydrogens (tertiary/aromatic N) is 4. The van der Waals surface area contributed by atoms with Gasteiger partial charge in [0.2, 0.25) is 0 Å². The Morgan fingerprint density at radius 3 is 1.97 bits per heavy atom. The van der Waals surface area contributed by atoms with Gasteiger partial charge in [0.15, 0.2) is 16.6 Å². The van der Waals surface area contributed by atoms with Crippen molar-refractivity contribution in [1.82, 2.24) is 4.90 Å². The van der Waals surface area contributed by atoms with E-state index in [0.29, 0.717) is 0 Å². The first-order valence-corrected chi connectivity index (χ1v) is 17.9. The molecule has 0 aliphatic carbocycles. The van der Waals surface area contributed by atoms with Crippen LogP contribution < -0.4 is 0 Å². The number of azide groups is 1. The Morgan fingerprint density at radius 1 is 1.06 bits per heavy atom. The van der Waals surface area contributed by atoms with E-state index < -0.39 is 52.7 Å². The standard InChI is InChI=1S/C23H46N4O6Si2/c1-21(2,3)31-20(29)27-16(15-30-19(27)28)18(33-35(12,13)23(7,8)9)17(14-25-26-24)32-34(10,11)22(4,5)6/h16-18H,14-15H2,1-13H3/t16-,17+,18-/m1/s1. The van der Waals surface area contributed by atoms with Crippen molar-refractivity contribution in [3.05, 3.63) is 10.4 Å². The summed E-state index contributed by atoms with van der Waals surface area (Å²) in [7, 11) is -4.80. The lowest BCUT2D eigenvalue weighted by atomic mass is 10.1. The molecule has 0 radical (unpaired) electrons. The van der Waals surface area contributed by atoms with Gasteiger partial charge >= 0.3 is 12.2 Å². The van der Waals surface area contributed by atoms with Gasteiger partial charge in [0.1, 0.15) is 18.2 Å². The lowest BCUT2D eigenvalue weighted by Crippen LogP contribution is -2.60. The molecule has 1 saturated heterocycles. The minimum atomic E-state index is -2.44. The maximum atomic E-state index is 13.1. The lowest BCUT2D eigenvalue weighted by molar-refractivity contribution is -0.0149. The van der Waals surface area contributed by atoms with Crippen LogP contribution in [0.2, 0.25) is 36.3 Å². The van der Waals surface area contributed by atoms with Gasteiger partial charge in [0.25, 0.3) is 0 Å². The van der Waals surface area contributed by atoms with Crippen LogP contribution in [0.4, 0.5) is 9.59 Å². The Morgan fingerprint density at radius 2 is 1.54 bits per heavy atom. The summed E-state index contributed by atoms with van der Waals surface area (Å²) in [6.45, 7) is 26.2. The van der Waals surface area contributed by atoms with E-state index in [1.165, 1.54) is 0 Å². The normalized spacial score (nSPS) is 19.6. The highest BCUT2D eigenvalue weighted by Crippen LogP contribution is 2.42. The number of carbonyl (C=O) groups is 2. The highest BCUT2D eigenvalue weighted by atomic mass is 28.4. The maximum Gasteiger partial charge on any atom is 0.420 e. The van der Waals surface area contributed by atoms with Gasteiger partial charge in [-0.05, 0) is 62.6 Å². The highest BCUT2D eigenvalue weighted by molar-refractivity contribution is 6.74. The second-order valence-electron chi connectivity index (χ2n) is 13.2. The molecule has 1 aliphatic heterocycles. The van der Waals surface area contributed by atoms with E-state index in [4.69, 9.17) is 23.9 Å². The van der Waals surface area contributed by atoms with Crippen LogP contribution in [0.25, 0.3) is 10.4 Å². The number of imide groups is 1. The molecule has 0 N–H and O–H groups in total. The largest absolute Gasteiger partial charge is 0.447 e. The summed E-state index contributed by atoms with van der Waals surface area (Å²) >= 11 is 0. The highest BCUT2D eigenvalue weighted by Gasteiger charge is 2.52. The minimum Gasteiger partial charge on any atom is -0.447 e. The summed E-state index contributed by atoms with van der Waals surface area (Å²) in [5.74, 6) is 0. The van der Waals surface area contributed by atoms with E-state index >= 15 is 0 Å². The van der Waals surface area contributed by atoms with E-state index in [0.717, 1.165) is 4.90 Å². The molecule has 202 valence electrons. The van der Waals surface area contributed by atoms with Crippen LogP contribution >= 0.6 is 0 Å². The topological polar surface area (TPSA) is 123 Å². The molecule has 1 heterocycles. The molecule has 0 spiro atoms. The van der Waals surface area contributed by atoms with Crippen molar-refractivity contribution in [3.63, 3.8) is 0 Å². The average molecular weight is 531 g/mol. The predicted octanol–water partition coefficient (Wildman–Crippen LogP) is 6.83. The molecule has 0 aromatic carbocycles. The number of amides is 2. The predicted molar refractivity (Wildman–Crippen MR) is 141 cm³/mol. The Balaban J connectivity index is 3.61. The summed E-state index contributed by atoms with van der Waals surface area (Å²) in [6.07, 6.45) is -3.05. The molecular weight excluding hydrogens is 484 g/mol. The molecule has 0 aromatic rings. The summed E-state index contributed by atoms with van der Waals surface area (Å²) in [4.78, 5) is 29.7. The van der Waals surface area contributed by atoms with Gasteiger partial charge in [0.05, 0.1) is 18.8 Å². The van der Waals surface area contributed by atoms with Crippen molar-refractivity contribution in [2.45, 2.75) is 122 Å². The van der Waals surface area contributed by atoms with Gasteiger partial charge in [-0.2, -0.15) is 0 Å². The van der Waals surface area contributed by atoms with E-state index in [9.17, 15) is 9.59 Å². The van der Waals surface area contributed by atoms with Gasteiger partial charge in [0, 0.05) is 4.91 Å². The van der Waals surface area contributed by atoms with Crippen molar-refractivity contribution in [3.8, 4) is 0 Å². The summed E-state index contributed by atoms with van der Waals surface area (Å²) in [5.41, 5.74) is 8.31. The van der Waals surface area contributed by atoms with E-state index in [-0.39, 0.29) is 23.2 Å². The van der Waals surface area contributed by atoms with Gasteiger partial charge in [-0.1, -0.05) is 46.7 Å². The molecular formula is C23H46N4O6Si2. The number of cyclic esters (lactones) is 1. The van der Waals surface area contributed by atoms with Crippen LogP contribution in [0.3, 0.4) is 0 Å². The zero-order valence-corrected chi connectivity index (χ0v) is 25.9. The zero-order valence-electron chi connectivity index (χ0n) is 23.9. The van der Waals surface area contributed by atoms with Gasteiger partial charge in [-0.25, -0.2) is 14.5 Å². The fourth-order valence-electron chi connectivity index (χ4n) is 3.00. The van der Waals surface area contributed by atoms with E-state index in [1.54, 1.807) is 20.8 Å². The third-order valence-corrected chi connectivity index (χ3v) is 16.0. The summed E-state index contributed by atoms with van der Waals surface area (Å²) in [6, 6.07) is -0.796. The quantitative estimate of drug-likeness (QED) is 0.147. The van der Waals surface area contributed by atoms with Gasteiger partial charge in [-0.3, -0.25) is 0 Å². The molecule has 1 fully saturated rings. The lowest BCUT2D eigenvalue weighted by Gasteiger charge is -2.46. The van der Waals surface area contributed by atoms with Crippen molar-refractivity contribution < 1.29 is 27.9 Å². The molecule has 12 heteroatoms. The van der Waals surface area contributed by atoms with E-state index in [2.05, 4.69) is 77.8 Å². The summed E-state index contributed by atoms with van der Waals surface area (Å²) < 4.78 is 24.4. The maximum absolute atomic E-state index is 13.1. The van der Waals surface area contributed by atoms with Crippen LogP contribution in [-0.2, 0) is 18.3 Å². The van der Waals surface area contributed by atoms with Crippen LogP contribution in [0.1, 0.15) is 62.3 Å². The number of hydrogen-bond acceptors (Lipinski definition) is 7. The Kier molecular flexibility index (Phi) is 9.70. The first kappa shape index (κ1) is 31.4. The van der Waals surface area contributed by atoms with Crippen molar-refractivity contribution in [2.24, 2.45) is 5.11 Å². The van der Waals surface area contributed by atoms with Crippen LogP contribution in [0, 0.1) is 0 Å². The van der Waals surface area contributed by atoms with Crippen molar-refractivity contribution >= 4 is 28.8 Å². The first-order chi connectivity index (χ1) is 15.5. The Hall–Kier alpha value is -1.60. The molecule has 3 atom stereocenters. The van der Waals surface area contributed by atoms with Crippen LogP contribution in [-0.4, -0.2) is 70.7 Å². The molecule has 1 aliphatic rings. The molecule has 10 nitrogen and oxygen atoms in total. The van der Waals surface area contributed by atoms with Crippen LogP contribution in [0.15, 0.2) is 5.11 Å². The molecule has 35 heavy (non-hydrogen) atoms. The average Bonchev–Trinajstić information content (AvgIpc) is 3.01. The number of rotatable bonds is 8. The number of hydrogen-bond donors (Lipinski definition) is 0. The van der Waals surface area contributed by atoms with Crippen molar-refractivity contribution in [1.29, 1.82) is 0 Å². The molecule has 1 rings (SSSR count). The zero-order chi connectivity index (χ0) is 27.6. The monoisotopic (exact) mass is 530 g/mol. The van der Waals surface area contributed by atoms with Crippen LogP contribution in [0.5, 0.6) is 0 Å².